The van der Waals surface area contributed by atoms with Gasteiger partial charge in [-0.05, 0) is 12.1 Å². The molecule has 3 rings (SSSR count). The first-order chi connectivity index (χ1) is 11.8. The van der Waals surface area contributed by atoms with Crippen LogP contribution in [0.1, 0.15) is 6.42 Å². The molecule has 0 atom stereocenters. The van der Waals surface area contributed by atoms with E-state index in [0.29, 0.717) is 22.8 Å². The molecule has 1 fully saturated rings. The highest BCUT2D eigenvalue weighted by Crippen LogP contribution is 2.17. The molecule has 130 valence electrons. The Kier molecular flexibility index (Phi) is 6.25. The summed E-state index contributed by atoms with van der Waals surface area (Å²) < 4.78 is 7.15. The van der Waals surface area contributed by atoms with Gasteiger partial charge in [-0.1, -0.05) is 23.9 Å². The van der Waals surface area contributed by atoms with Crippen molar-refractivity contribution in [2.24, 2.45) is 0 Å². The molecular formula is C17H24N3O3S+. The molecule has 0 saturated carbocycles. The Morgan fingerprint density at radius 3 is 2.88 bits per heavy atom. The van der Waals surface area contributed by atoms with Crippen molar-refractivity contribution in [3.63, 3.8) is 0 Å². The van der Waals surface area contributed by atoms with Crippen molar-refractivity contribution in [2.75, 3.05) is 45.2 Å². The van der Waals surface area contributed by atoms with Crippen molar-refractivity contribution in [1.29, 1.82) is 0 Å². The average Bonchev–Trinajstić information content (AvgIpc) is 2.63. The van der Waals surface area contributed by atoms with Gasteiger partial charge in [-0.3, -0.25) is 9.36 Å². The summed E-state index contributed by atoms with van der Waals surface area (Å²) in [6.45, 7) is 5.50. The number of morpholine rings is 1. The third kappa shape index (κ3) is 4.16. The molecule has 0 spiro atoms. The predicted molar refractivity (Wildman–Crippen MR) is 94.8 cm³/mol. The third-order valence-corrected chi connectivity index (χ3v) is 5.22. The van der Waals surface area contributed by atoms with Gasteiger partial charge in [0.2, 0.25) is 0 Å². The number of thioether (sulfide) groups is 1. The van der Waals surface area contributed by atoms with Crippen LogP contribution < -0.4 is 10.5 Å². The van der Waals surface area contributed by atoms with E-state index in [4.69, 9.17) is 9.84 Å². The SMILES string of the molecule is O=c1c2ccccc2nc(SCCO)n1CCC[NH+]1CCOCC1. The molecule has 0 aliphatic carbocycles. The number of aliphatic hydroxyl groups is 1. The fraction of sp³-hybridized carbons (Fsp3) is 0.529. The summed E-state index contributed by atoms with van der Waals surface area (Å²) in [5, 5.41) is 10.5. The van der Waals surface area contributed by atoms with Crippen molar-refractivity contribution < 1.29 is 14.7 Å². The molecule has 2 heterocycles. The number of rotatable bonds is 7. The summed E-state index contributed by atoms with van der Waals surface area (Å²) in [5.41, 5.74) is 0.732. The van der Waals surface area contributed by atoms with E-state index in [1.54, 1.807) is 4.57 Å². The van der Waals surface area contributed by atoms with E-state index >= 15 is 0 Å². The minimum absolute atomic E-state index is 0.0121. The maximum Gasteiger partial charge on any atom is 0.262 e. The van der Waals surface area contributed by atoms with E-state index in [9.17, 15) is 4.79 Å². The minimum atomic E-state index is 0.0121. The smallest absolute Gasteiger partial charge is 0.262 e. The maximum atomic E-state index is 12.8. The Bertz CT molecular complexity index is 729. The summed E-state index contributed by atoms with van der Waals surface area (Å²) >= 11 is 1.44. The second-order valence-electron chi connectivity index (χ2n) is 5.91. The van der Waals surface area contributed by atoms with Crippen molar-refractivity contribution >= 4 is 22.7 Å². The van der Waals surface area contributed by atoms with E-state index < -0.39 is 0 Å². The molecule has 24 heavy (non-hydrogen) atoms. The van der Waals surface area contributed by atoms with Crippen LogP contribution in [0, 0.1) is 0 Å². The van der Waals surface area contributed by atoms with E-state index in [2.05, 4.69) is 4.98 Å². The first-order valence-corrected chi connectivity index (χ1v) is 9.42. The molecule has 1 saturated heterocycles. The molecule has 1 aliphatic heterocycles. The summed E-state index contributed by atoms with van der Waals surface area (Å²) in [6.07, 6.45) is 0.932. The molecule has 2 N–H and O–H groups in total. The molecule has 1 aromatic heterocycles. The van der Waals surface area contributed by atoms with Crippen LogP contribution in [0.2, 0.25) is 0 Å². The van der Waals surface area contributed by atoms with E-state index in [0.717, 1.165) is 44.8 Å². The zero-order valence-corrected chi connectivity index (χ0v) is 14.6. The van der Waals surface area contributed by atoms with Crippen LogP contribution in [0.25, 0.3) is 10.9 Å². The van der Waals surface area contributed by atoms with Crippen LogP contribution in [-0.2, 0) is 11.3 Å². The molecular weight excluding hydrogens is 326 g/mol. The van der Waals surface area contributed by atoms with Crippen LogP contribution in [-0.4, -0.2) is 59.9 Å². The zero-order valence-electron chi connectivity index (χ0n) is 13.7. The number of hydrogen-bond donors (Lipinski definition) is 2. The first-order valence-electron chi connectivity index (χ1n) is 8.44. The highest BCUT2D eigenvalue weighted by molar-refractivity contribution is 7.99. The molecule has 0 amide bonds. The standard InChI is InChI=1S/C17H23N3O3S/c21-10-13-24-17-18-15-5-2-1-4-14(15)16(22)20(17)7-3-6-19-8-11-23-12-9-19/h1-2,4-5,21H,3,6-13H2/p+1. The van der Waals surface area contributed by atoms with Crippen LogP contribution in [0.15, 0.2) is 34.2 Å². The minimum Gasteiger partial charge on any atom is -0.396 e. The normalized spacial score (nSPS) is 15.9. The number of nitrogens with zero attached hydrogens (tertiary/aromatic N) is 2. The van der Waals surface area contributed by atoms with Gasteiger partial charge in [0.15, 0.2) is 5.16 Å². The van der Waals surface area contributed by atoms with Crippen molar-refractivity contribution in [3.8, 4) is 0 Å². The lowest BCUT2D eigenvalue weighted by Crippen LogP contribution is -3.14. The number of fused-ring (bicyclic) bond motifs is 1. The Labute approximate surface area is 145 Å². The second-order valence-corrected chi connectivity index (χ2v) is 6.97. The lowest BCUT2D eigenvalue weighted by molar-refractivity contribution is -0.908. The second kappa shape index (κ2) is 8.62. The van der Waals surface area contributed by atoms with E-state index in [-0.39, 0.29) is 12.2 Å². The molecule has 7 heteroatoms. The summed E-state index contributed by atoms with van der Waals surface area (Å²) in [5.74, 6) is 0.541. The van der Waals surface area contributed by atoms with Gasteiger partial charge < -0.3 is 14.7 Å². The molecule has 6 nitrogen and oxygen atoms in total. The van der Waals surface area contributed by atoms with Gasteiger partial charge in [-0.25, -0.2) is 4.98 Å². The molecule has 2 aromatic rings. The molecule has 1 aromatic carbocycles. The summed E-state index contributed by atoms with van der Waals surface area (Å²) in [6, 6.07) is 7.45. The fourth-order valence-corrected chi connectivity index (χ4v) is 3.76. The number of hydrogen-bond acceptors (Lipinski definition) is 5. The fourth-order valence-electron chi connectivity index (χ4n) is 2.99. The Morgan fingerprint density at radius 1 is 1.29 bits per heavy atom. The van der Waals surface area contributed by atoms with E-state index in [1.165, 1.54) is 16.7 Å². The van der Waals surface area contributed by atoms with Crippen molar-refractivity contribution in [2.45, 2.75) is 18.1 Å². The van der Waals surface area contributed by atoms with Crippen LogP contribution >= 0.6 is 11.8 Å². The number of para-hydroxylation sites is 1. The third-order valence-electron chi connectivity index (χ3n) is 4.26. The maximum absolute atomic E-state index is 12.8. The van der Waals surface area contributed by atoms with E-state index in [1.807, 2.05) is 24.3 Å². The number of nitrogens with one attached hydrogen (secondary N) is 1. The summed E-state index contributed by atoms with van der Waals surface area (Å²) in [4.78, 5) is 19.0. The first kappa shape index (κ1) is 17.4. The Hall–Kier alpha value is -1.41. The topological polar surface area (TPSA) is 68.8 Å². The predicted octanol–water partition coefficient (Wildman–Crippen LogP) is -0.214. The van der Waals surface area contributed by atoms with Crippen LogP contribution in [0.5, 0.6) is 0 Å². The van der Waals surface area contributed by atoms with Gasteiger partial charge >= 0.3 is 0 Å². The molecule has 0 unspecified atom stereocenters. The number of ether oxygens (including phenoxy) is 1. The highest BCUT2D eigenvalue weighted by Gasteiger charge is 2.15. The zero-order chi connectivity index (χ0) is 16.8. The Morgan fingerprint density at radius 2 is 2.08 bits per heavy atom. The van der Waals surface area contributed by atoms with Crippen molar-refractivity contribution in [3.05, 3.63) is 34.6 Å². The molecule has 0 bridgehead atoms. The lowest BCUT2D eigenvalue weighted by Gasteiger charge is -2.24. The summed E-state index contributed by atoms with van der Waals surface area (Å²) in [7, 11) is 0. The number of aliphatic hydroxyl groups excluding tert-OH is 1. The number of aromatic nitrogens is 2. The van der Waals surface area contributed by atoms with Crippen molar-refractivity contribution in [1.82, 2.24) is 9.55 Å². The van der Waals surface area contributed by atoms with Crippen LogP contribution in [0.4, 0.5) is 0 Å². The van der Waals surface area contributed by atoms with Gasteiger partial charge in [0.05, 0.1) is 37.3 Å². The lowest BCUT2D eigenvalue weighted by atomic mass is 10.2. The van der Waals surface area contributed by atoms with Gasteiger partial charge in [0.1, 0.15) is 13.1 Å². The molecule has 1 aliphatic rings. The van der Waals surface area contributed by atoms with Crippen LogP contribution in [0.3, 0.4) is 0 Å². The number of quaternary nitrogens is 1. The highest BCUT2D eigenvalue weighted by atomic mass is 32.2. The largest absolute Gasteiger partial charge is 0.396 e. The average molecular weight is 350 g/mol. The number of benzene rings is 1. The van der Waals surface area contributed by atoms with Gasteiger partial charge in [-0.15, -0.1) is 0 Å². The monoisotopic (exact) mass is 350 g/mol. The quantitative estimate of drug-likeness (QED) is 0.534. The van der Waals surface area contributed by atoms with Gasteiger partial charge in [-0.2, -0.15) is 0 Å². The Balaban J connectivity index is 1.78. The molecule has 0 radical (unpaired) electrons. The van der Waals surface area contributed by atoms with Gasteiger partial charge in [0.25, 0.3) is 5.56 Å². The van der Waals surface area contributed by atoms with Gasteiger partial charge in [0, 0.05) is 18.7 Å².